The van der Waals surface area contributed by atoms with Crippen LogP contribution in [0, 0.1) is 0 Å². The number of fused-ring (bicyclic) bond motifs is 3. The summed E-state index contributed by atoms with van der Waals surface area (Å²) in [5, 5.41) is 1.13. The summed E-state index contributed by atoms with van der Waals surface area (Å²) >= 11 is 0. The van der Waals surface area contributed by atoms with E-state index in [0.717, 1.165) is 23.1 Å². The fourth-order valence-corrected chi connectivity index (χ4v) is 3.23. The average molecular weight is 307 g/mol. The van der Waals surface area contributed by atoms with Crippen LogP contribution in [0.1, 0.15) is 21.6 Å². The third-order valence-corrected chi connectivity index (χ3v) is 4.39. The molecule has 3 heterocycles. The van der Waals surface area contributed by atoms with Gasteiger partial charge < -0.3 is 14.6 Å². The summed E-state index contributed by atoms with van der Waals surface area (Å²) < 4.78 is 5.43. The molecule has 2 aromatic heterocycles. The highest BCUT2D eigenvalue weighted by Gasteiger charge is 2.25. The minimum atomic E-state index is 0.0287. The number of benzene rings is 1. The smallest absolute Gasteiger partial charge is 0.255 e. The molecule has 0 atom stereocenters. The molecule has 0 radical (unpaired) electrons. The van der Waals surface area contributed by atoms with E-state index in [-0.39, 0.29) is 5.91 Å². The molecule has 23 heavy (non-hydrogen) atoms. The van der Waals surface area contributed by atoms with Crippen molar-refractivity contribution >= 4 is 16.8 Å². The first kappa shape index (κ1) is 13.8. The summed E-state index contributed by atoms with van der Waals surface area (Å²) in [4.78, 5) is 22.0. The van der Waals surface area contributed by atoms with Crippen molar-refractivity contribution in [2.24, 2.45) is 0 Å². The molecule has 0 spiro atoms. The Balaban J connectivity index is 1.71. The number of para-hydroxylation sites is 1. The van der Waals surface area contributed by atoms with E-state index in [0.29, 0.717) is 18.7 Å². The van der Waals surface area contributed by atoms with E-state index in [4.69, 9.17) is 4.74 Å². The van der Waals surface area contributed by atoms with Crippen LogP contribution in [0.4, 0.5) is 0 Å². The summed E-state index contributed by atoms with van der Waals surface area (Å²) in [5.41, 5.74) is 4.02. The van der Waals surface area contributed by atoms with Crippen molar-refractivity contribution in [3.8, 4) is 5.75 Å². The minimum absolute atomic E-state index is 0.0287. The summed E-state index contributed by atoms with van der Waals surface area (Å²) in [6, 6.07) is 9.60. The molecule has 0 unspecified atom stereocenters. The number of pyridine rings is 1. The second kappa shape index (κ2) is 5.43. The lowest BCUT2D eigenvalue weighted by atomic mass is 10.0. The highest BCUT2D eigenvalue weighted by molar-refractivity contribution is 5.95. The lowest BCUT2D eigenvalue weighted by Gasteiger charge is -2.27. The molecule has 0 fully saturated rings. The molecular weight excluding hydrogens is 290 g/mol. The number of aromatic amines is 1. The van der Waals surface area contributed by atoms with E-state index < -0.39 is 0 Å². The Hall–Kier alpha value is -2.82. The molecule has 0 saturated carbocycles. The van der Waals surface area contributed by atoms with Gasteiger partial charge in [0.05, 0.1) is 18.2 Å². The van der Waals surface area contributed by atoms with Gasteiger partial charge in [-0.1, -0.05) is 12.1 Å². The van der Waals surface area contributed by atoms with Crippen molar-refractivity contribution in [1.29, 1.82) is 0 Å². The van der Waals surface area contributed by atoms with Gasteiger partial charge in [-0.15, -0.1) is 0 Å². The zero-order valence-electron chi connectivity index (χ0n) is 12.9. The van der Waals surface area contributed by atoms with Gasteiger partial charge in [0.15, 0.2) is 0 Å². The lowest BCUT2D eigenvalue weighted by molar-refractivity contribution is 0.0734. The summed E-state index contributed by atoms with van der Waals surface area (Å²) in [5.74, 6) is 0.864. The summed E-state index contributed by atoms with van der Waals surface area (Å²) in [6.07, 6.45) is 4.12. The van der Waals surface area contributed by atoms with Crippen LogP contribution < -0.4 is 4.74 Å². The van der Waals surface area contributed by atoms with E-state index in [1.807, 2.05) is 23.1 Å². The topological polar surface area (TPSA) is 58.2 Å². The Labute approximate surface area is 133 Å². The van der Waals surface area contributed by atoms with Crippen molar-refractivity contribution in [3.05, 3.63) is 59.5 Å². The number of carbonyl (C=O) groups is 1. The average Bonchev–Trinajstić information content (AvgIpc) is 2.99. The van der Waals surface area contributed by atoms with E-state index in [1.54, 1.807) is 25.6 Å². The molecule has 3 aromatic rings. The number of nitrogens with one attached hydrogen (secondary N) is 1. The van der Waals surface area contributed by atoms with Crippen molar-refractivity contribution in [2.45, 2.75) is 13.0 Å². The maximum Gasteiger partial charge on any atom is 0.255 e. The van der Waals surface area contributed by atoms with Gasteiger partial charge in [0, 0.05) is 48.5 Å². The summed E-state index contributed by atoms with van der Waals surface area (Å²) in [7, 11) is 1.67. The SMILES string of the molecule is COc1cccc2c3c([nH]c12)CCN(C(=O)c1cccnc1)C3. The van der Waals surface area contributed by atoms with Crippen LogP contribution in [0.25, 0.3) is 10.9 Å². The normalized spacial score (nSPS) is 13.9. The van der Waals surface area contributed by atoms with Gasteiger partial charge in [0.1, 0.15) is 5.75 Å². The van der Waals surface area contributed by atoms with Crippen LogP contribution in [0.15, 0.2) is 42.7 Å². The number of hydrogen-bond donors (Lipinski definition) is 1. The van der Waals surface area contributed by atoms with E-state index in [1.165, 1.54) is 11.3 Å². The molecular formula is C18H17N3O2. The number of nitrogens with zero attached hydrogens (tertiary/aromatic N) is 2. The van der Waals surface area contributed by atoms with E-state index in [9.17, 15) is 4.79 Å². The lowest BCUT2D eigenvalue weighted by Crippen LogP contribution is -2.35. The Kier molecular flexibility index (Phi) is 3.26. The molecule has 5 nitrogen and oxygen atoms in total. The highest BCUT2D eigenvalue weighted by atomic mass is 16.5. The molecule has 0 bridgehead atoms. The van der Waals surface area contributed by atoms with Gasteiger partial charge in [0.2, 0.25) is 0 Å². The van der Waals surface area contributed by atoms with Gasteiger partial charge in [0.25, 0.3) is 5.91 Å². The molecule has 0 aliphatic carbocycles. The zero-order chi connectivity index (χ0) is 15.8. The number of aromatic nitrogens is 2. The number of H-pyrrole nitrogens is 1. The zero-order valence-corrected chi connectivity index (χ0v) is 12.9. The highest BCUT2D eigenvalue weighted by Crippen LogP contribution is 2.33. The molecule has 1 aliphatic rings. The van der Waals surface area contributed by atoms with Gasteiger partial charge in [-0.3, -0.25) is 9.78 Å². The maximum atomic E-state index is 12.6. The third-order valence-electron chi connectivity index (χ3n) is 4.39. The van der Waals surface area contributed by atoms with Crippen LogP contribution in [0.5, 0.6) is 5.75 Å². The number of rotatable bonds is 2. The fraction of sp³-hybridized carbons (Fsp3) is 0.222. The van der Waals surface area contributed by atoms with Crippen LogP contribution in [-0.4, -0.2) is 34.4 Å². The number of carbonyl (C=O) groups excluding carboxylic acids is 1. The van der Waals surface area contributed by atoms with Crippen molar-refractivity contribution in [1.82, 2.24) is 14.9 Å². The van der Waals surface area contributed by atoms with Crippen molar-refractivity contribution in [3.63, 3.8) is 0 Å². The molecule has 116 valence electrons. The van der Waals surface area contributed by atoms with Gasteiger partial charge in [-0.2, -0.15) is 0 Å². The van der Waals surface area contributed by atoms with E-state index >= 15 is 0 Å². The Morgan fingerprint density at radius 1 is 1.30 bits per heavy atom. The first-order valence-corrected chi connectivity index (χ1v) is 7.63. The van der Waals surface area contributed by atoms with Gasteiger partial charge >= 0.3 is 0 Å². The second-order valence-corrected chi connectivity index (χ2v) is 5.68. The molecule has 1 aliphatic heterocycles. The Bertz CT molecular complexity index is 871. The predicted molar refractivity (Wildman–Crippen MR) is 87.5 cm³/mol. The molecule has 0 saturated heterocycles. The number of ether oxygens (including phenoxy) is 1. The monoisotopic (exact) mass is 307 g/mol. The van der Waals surface area contributed by atoms with Crippen molar-refractivity contribution in [2.75, 3.05) is 13.7 Å². The first-order valence-electron chi connectivity index (χ1n) is 7.63. The molecule has 1 aromatic carbocycles. The van der Waals surface area contributed by atoms with Crippen molar-refractivity contribution < 1.29 is 9.53 Å². The molecule has 4 rings (SSSR count). The quantitative estimate of drug-likeness (QED) is 0.792. The predicted octanol–water partition coefficient (Wildman–Crippen LogP) is 2.77. The number of amides is 1. The second-order valence-electron chi connectivity index (χ2n) is 5.68. The van der Waals surface area contributed by atoms with Gasteiger partial charge in [-0.05, 0) is 18.2 Å². The Morgan fingerprint density at radius 3 is 3.00 bits per heavy atom. The number of methoxy groups -OCH3 is 1. The van der Waals surface area contributed by atoms with Crippen LogP contribution in [-0.2, 0) is 13.0 Å². The van der Waals surface area contributed by atoms with Crippen LogP contribution >= 0.6 is 0 Å². The molecule has 5 heteroatoms. The minimum Gasteiger partial charge on any atom is -0.495 e. The first-order chi connectivity index (χ1) is 11.3. The largest absolute Gasteiger partial charge is 0.495 e. The third kappa shape index (κ3) is 2.25. The molecule has 1 N–H and O–H groups in total. The summed E-state index contributed by atoms with van der Waals surface area (Å²) in [6.45, 7) is 1.31. The molecule has 1 amide bonds. The maximum absolute atomic E-state index is 12.6. The standard InChI is InChI=1S/C18H17N3O2/c1-23-16-6-2-5-13-14-11-21(9-7-15(14)20-17(13)16)18(22)12-4-3-8-19-10-12/h2-6,8,10,20H,7,9,11H2,1H3. The number of hydrogen-bond acceptors (Lipinski definition) is 3. The fourth-order valence-electron chi connectivity index (χ4n) is 3.23. The van der Waals surface area contributed by atoms with Crippen LogP contribution in [0.3, 0.4) is 0 Å². The van der Waals surface area contributed by atoms with Crippen LogP contribution in [0.2, 0.25) is 0 Å². The Morgan fingerprint density at radius 2 is 2.22 bits per heavy atom. The van der Waals surface area contributed by atoms with Gasteiger partial charge in [-0.25, -0.2) is 0 Å². The van der Waals surface area contributed by atoms with E-state index in [2.05, 4.69) is 16.0 Å².